The van der Waals surface area contributed by atoms with Crippen LogP contribution in [-0.4, -0.2) is 22.0 Å². The van der Waals surface area contributed by atoms with Crippen molar-refractivity contribution >= 4 is 11.9 Å². The van der Waals surface area contributed by atoms with Crippen molar-refractivity contribution in [2.45, 2.75) is 26.8 Å². The van der Waals surface area contributed by atoms with Crippen molar-refractivity contribution in [2.24, 2.45) is 17.3 Å². The minimum Gasteiger partial charge on any atom is -0.481 e. The van der Waals surface area contributed by atoms with Crippen LogP contribution in [0.4, 0.5) is 0 Å². The summed E-state index contributed by atoms with van der Waals surface area (Å²) in [5.41, 5.74) is 0.293. The van der Waals surface area contributed by atoms with Crippen molar-refractivity contribution in [3.8, 4) is 0 Å². The number of nitrogens with zero attached hydrogens (tertiary/aromatic N) is 1. The Labute approximate surface area is 112 Å². The minimum absolute atomic E-state index is 0.212. The normalized spacial score (nSPS) is 25.4. The van der Waals surface area contributed by atoms with E-state index in [1.807, 2.05) is 39.0 Å². The maximum absolute atomic E-state index is 12.1. The van der Waals surface area contributed by atoms with Crippen LogP contribution >= 0.6 is 0 Å². The van der Waals surface area contributed by atoms with Gasteiger partial charge in [-0.05, 0) is 24.5 Å². The predicted molar refractivity (Wildman–Crippen MR) is 69.2 cm³/mol. The quantitative estimate of drug-likeness (QED) is 0.864. The lowest BCUT2D eigenvalue weighted by Crippen LogP contribution is -2.30. The van der Waals surface area contributed by atoms with Crippen LogP contribution in [0.3, 0.4) is 0 Å². The van der Waals surface area contributed by atoms with Gasteiger partial charge in [-0.15, -0.1) is 0 Å². The number of rotatable bonds is 4. The highest BCUT2D eigenvalue weighted by Crippen LogP contribution is 2.58. The van der Waals surface area contributed by atoms with Gasteiger partial charge in [-0.1, -0.05) is 19.9 Å². The summed E-state index contributed by atoms with van der Waals surface area (Å²) in [6.45, 7) is 5.45. The molecule has 1 heterocycles. The van der Waals surface area contributed by atoms with E-state index in [2.05, 4.69) is 10.3 Å². The van der Waals surface area contributed by atoms with Crippen molar-refractivity contribution in [3.05, 3.63) is 30.1 Å². The average Bonchev–Trinajstić information content (AvgIpc) is 2.93. The van der Waals surface area contributed by atoms with Gasteiger partial charge in [0.15, 0.2) is 0 Å². The Kier molecular flexibility index (Phi) is 3.30. The van der Waals surface area contributed by atoms with Gasteiger partial charge in [-0.25, -0.2) is 0 Å². The standard InChI is InChI=1S/C14H18N2O3/c1-8(9-6-4-5-7-15-9)16-12(17)10-11(13(18)19)14(10,2)3/h4-8,10-11H,1-3H3,(H,16,17)(H,18,19)/t8?,10-,11+/m1/s1. The molecule has 0 saturated heterocycles. The summed E-state index contributed by atoms with van der Waals surface area (Å²) < 4.78 is 0. The summed E-state index contributed by atoms with van der Waals surface area (Å²) in [5.74, 6) is -2.18. The first-order chi connectivity index (χ1) is 8.85. The van der Waals surface area contributed by atoms with Gasteiger partial charge in [0, 0.05) is 6.20 Å². The number of carboxylic acids is 1. The van der Waals surface area contributed by atoms with E-state index in [1.54, 1.807) is 6.20 Å². The van der Waals surface area contributed by atoms with Crippen LogP contribution in [0.25, 0.3) is 0 Å². The number of hydrogen-bond acceptors (Lipinski definition) is 3. The molecule has 0 bridgehead atoms. The molecule has 0 aliphatic heterocycles. The molecule has 102 valence electrons. The number of carbonyl (C=O) groups is 2. The molecule has 1 amide bonds. The van der Waals surface area contributed by atoms with E-state index >= 15 is 0 Å². The van der Waals surface area contributed by atoms with Crippen LogP contribution in [0.2, 0.25) is 0 Å². The molecule has 5 heteroatoms. The van der Waals surface area contributed by atoms with Gasteiger partial charge in [0.2, 0.25) is 5.91 Å². The second-order valence-corrected chi connectivity index (χ2v) is 5.60. The SMILES string of the molecule is CC(NC(=O)[C@H]1[C@@H](C(=O)O)C1(C)C)c1ccccn1. The fourth-order valence-electron chi connectivity index (χ4n) is 2.60. The molecular formula is C14H18N2O3. The second-order valence-electron chi connectivity index (χ2n) is 5.60. The van der Waals surface area contributed by atoms with Gasteiger partial charge in [0.25, 0.3) is 0 Å². The fourth-order valence-corrected chi connectivity index (χ4v) is 2.60. The van der Waals surface area contributed by atoms with Crippen LogP contribution < -0.4 is 5.32 Å². The first kappa shape index (κ1) is 13.5. The monoisotopic (exact) mass is 262 g/mol. The van der Waals surface area contributed by atoms with Gasteiger partial charge in [0.05, 0.1) is 23.6 Å². The molecule has 19 heavy (non-hydrogen) atoms. The number of carboxylic acid groups (broad SMARTS) is 1. The number of aliphatic carboxylic acids is 1. The summed E-state index contributed by atoms with van der Waals surface area (Å²) in [6, 6.07) is 5.27. The summed E-state index contributed by atoms with van der Waals surface area (Å²) in [4.78, 5) is 27.3. The minimum atomic E-state index is -0.907. The van der Waals surface area contributed by atoms with Crippen molar-refractivity contribution < 1.29 is 14.7 Å². The molecule has 1 aromatic heterocycles. The lowest BCUT2D eigenvalue weighted by atomic mass is 10.1. The molecule has 5 nitrogen and oxygen atoms in total. The van der Waals surface area contributed by atoms with Crippen molar-refractivity contribution in [3.63, 3.8) is 0 Å². The third-order valence-corrected chi connectivity index (χ3v) is 3.87. The molecule has 3 atom stereocenters. The molecule has 1 aromatic rings. The number of pyridine rings is 1. The zero-order valence-electron chi connectivity index (χ0n) is 11.3. The number of aromatic nitrogens is 1. The van der Waals surface area contributed by atoms with Gasteiger partial charge < -0.3 is 10.4 Å². The Morgan fingerprint density at radius 2 is 2.05 bits per heavy atom. The second kappa shape index (κ2) is 4.64. The molecule has 1 unspecified atom stereocenters. The summed E-state index contributed by atoms with van der Waals surface area (Å²) in [7, 11) is 0. The topological polar surface area (TPSA) is 79.3 Å². The van der Waals surface area contributed by atoms with Crippen LogP contribution in [0.5, 0.6) is 0 Å². The predicted octanol–water partition coefficient (Wildman–Crippen LogP) is 1.62. The molecule has 1 fully saturated rings. The van der Waals surface area contributed by atoms with Crippen molar-refractivity contribution in [1.82, 2.24) is 10.3 Å². The Morgan fingerprint density at radius 1 is 1.37 bits per heavy atom. The molecule has 0 aromatic carbocycles. The fraction of sp³-hybridized carbons (Fsp3) is 0.500. The Bertz CT molecular complexity index is 499. The molecule has 1 saturated carbocycles. The zero-order valence-corrected chi connectivity index (χ0v) is 11.3. The highest BCUT2D eigenvalue weighted by atomic mass is 16.4. The molecule has 1 aliphatic carbocycles. The van der Waals surface area contributed by atoms with Crippen molar-refractivity contribution in [1.29, 1.82) is 0 Å². The molecule has 2 N–H and O–H groups in total. The van der Waals surface area contributed by atoms with Gasteiger partial charge in [-0.2, -0.15) is 0 Å². The highest BCUT2D eigenvalue weighted by Gasteiger charge is 2.65. The zero-order chi connectivity index (χ0) is 14.2. The summed E-state index contributed by atoms with van der Waals surface area (Å²) in [6.07, 6.45) is 1.67. The maximum Gasteiger partial charge on any atom is 0.307 e. The lowest BCUT2D eigenvalue weighted by molar-refractivity contribution is -0.140. The first-order valence-electron chi connectivity index (χ1n) is 6.30. The lowest BCUT2D eigenvalue weighted by Gasteiger charge is -2.13. The van der Waals surface area contributed by atoms with Gasteiger partial charge >= 0.3 is 5.97 Å². The van der Waals surface area contributed by atoms with E-state index in [9.17, 15) is 9.59 Å². The van der Waals surface area contributed by atoms with E-state index in [0.717, 1.165) is 5.69 Å². The van der Waals surface area contributed by atoms with Gasteiger partial charge in [0.1, 0.15) is 0 Å². The van der Waals surface area contributed by atoms with E-state index < -0.39 is 23.2 Å². The van der Waals surface area contributed by atoms with E-state index in [-0.39, 0.29) is 11.9 Å². The molecule has 2 rings (SSSR count). The Balaban J connectivity index is 2.02. The molecular weight excluding hydrogens is 244 g/mol. The third-order valence-electron chi connectivity index (χ3n) is 3.87. The van der Waals surface area contributed by atoms with E-state index in [1.165, 1.54) is 0 Å². The Morgan fingerprint density at radius 3 is 2.53 bits per heavy atom. The summed E-state index contributed by atoms with van der Waals surface area (Å²) in [5, 5.41) is 11.9. The third kappa shape index (κ3) is 2.45. The number of hydrogen-bond donors (Lipinski definition) is 2. The largest absolute Gasteiger partial charge is 0.481 e. The molecule has 0 radical (unpaired) electrons. The highest BCUT2D eigenvalue weighted by molar-refractivity contribution is 5.91. The smallest absolute Gasteiger partial charge is 0.307 e. The van der Waals surface area contributed by atoms with E-state index in [0.29, 0.717) is 0 Å². The number of amides is 1. The van der Waals surface area contributed by atoms with Crippen LogP contribution in [0.1, 0.15) is 32.5 Å². The molecule has 0 spiro atoms. The average molecular weight is 262 g/mol. The van der Waals surface area contributed by atoms with Crippen LogP contribution in [-0.2, 0) is 9.59 Å². The Hall–Kier alpha value is -1.91. The number of nitrogens with one attached hydrogen (secondary N) is 1. The van der Waals surface area contributed by atoms with Crippen LogP contribution in [0, 0.1) is 17.3 Å². The first-order valence-corrected chi connectivity index (χ1v) is 6.30. The maximum atomic E-state index is 12.1. The van der Waals surface area contributed by atoms with Crippen LogP contribution in [0.15, 0.2) is 24.4 Å². The van der Waals surface area contributed by atoms with E-state index in [4.69, 9.17) is 5.11 Å². The summed E-state index contributed by atoms with van der Waals surface area (Å²) >= 11 is 0. The number of carbonyl (C=O) groups excluding carboxylic acids is 1. The van der Waals surface area contributed by atoms with Crippen molar-refractivity contribution in [2.75, 3.05) is 0 Å². The van der Waals surface area contributed by atoms with Gasteiger partial charge in [-0.3, -0.25) is 14.6 Å². The molecule has 1 aliphatic rings.